The number of nitrogens with zero attached hydrogens (tertiary/aromatic N) is 5. The Morgan fingerprint density at radius 2 is 1.35 bits per heavy atom. The third-order valence-electron chi connectivity index (χ3n) is 4.13. The number of carbonyl (C=O) groups is 2. The number of nitrogens with one attached hydrogen (secondary N) is 3. The zero-order chi connectivity index (χ0) is 24.2. The first kappa shape index (κ1) is 29.2. The summed E-state index contributed by atoms with van der Waals surface area (Å²) in [6.45, 7) is 3.60. The molecule has 0 saturated carbocycles. The molecule has 0 spiro atoms. The minimum Gasteiger partial charge on any atom is -0.423 e. The number of hydrogen-bond donors (Lipinski definition) is 7. The van der Waals surface area contributed by atoms with E-state index in [1.807, 2.05) is 0 Å². The third-order valence-corrected chi connectivity index (χ3v) is 4.32. The maximum absolute atomic E-state index is 11.1. The number of carbonyl (C=O) groups excluding carboxylic acids is 2. The SMILES string of the molecule is C.O=C1CN(c2ncc(B(O)O)cn2)CCN1.O=C1CNCCN1.OB(O)c1cnc(Cl)nc1. The number of anilines is 1. The Bertz CT molecular complexity index is 887. The highest BCUT2D eigenvalue weighted by Gasteiger charge is 2.19. The van der Waals surface area contributed by atoms with Crippen LogP contribution < -0.4 is 31.8 Å². The van der Waals surface area contributed by atoms with Gasteiger partial charge < -0.3 is 40.9 Å². The summed E-state index contributed by atoms with van der Waals surface area (Å²) in [7, 11) is -3.10. The molecule has 34 heavy (non-hydrogen) atoms. The Labute approximate surface area is 202 Å². The van der Waals surface area contributed by atoms with Gasteiger partial charge in [-0.15, -0.1) is 0 Å². The Hall–Kier alpha value is -2.88. The van der Waals surface area contributed by atoms with E-state index in [1.165, 1.54) is 24.8 Å². The summed E-state index contributed by atoms with van der Waals surface area (Å²) in [5.74, 6) is 0.451. The average molecular weight is 497 g/mol. The van der Waals surface area contributed by atoms with Crippen molar-refractivity contribution in [3.63, 3.8) is 0 Å². The van der Waals surface area contributed by atoms with E-state index in [-0.39, 0.29) is 42.0 Å². The summed E-state index contributed by atoms with van der Waals surface area (Å²) in [4.78, 5) is 38.2. The first-order chi connectivity index (χ1) is 15.8. The fourth-order valence-corrected chi connectivity index (χ4v) is 2.55. The van der Waals surface area contributed by atoms with Crippen LogP contribution in [0.2, 0.25) is 5.28 Å². The summed E-state index contributed by atoms with van der Waals surface area (Å²) in [5.41, 5.74) is 0.453. The van der Waals surface area contributed by atoms with Crippen LogP contribution in [0.25, 0.3) is 0 Å². The highest BCUT2D eigenvalue weighted by atomic mass is 35.5. The quantitative estimate of drug-likeness (QED) is 0.158. The van der Waals surface area contributed by atoms with Crippen molar-refractivity contribution in [3.05, 3.63) is 30.1 Å². The van der Waals surface area contributed by atoms with Crippen LogP contribution in [0.4, 0.5) is 5.95 Å². The molecule has 17 heteroatoms. The zero-order valence-corrected chi connectivity index (χ0v) is 18.2. The predicted molar refractivity (Wildman–Crippen MR) is 127 cm³/mol. The predicted octanol–water partition coefficient (Wildman–Crippen LogP) is -4.76. The van der Waals surface area contributed by atoms with Crippen molar-refractivity contribution in [2.75, 3.05) is 44.2 Å². The van der Waals surface area contributed by atoms with E-state index in [2.05, 4.69) is 35.9 Å². The van der Waals surface area contributed by atoms with Crippen molar-refractivity contribution >= 4 is 54.5 Å². The van der Waals surface area contributed by atoms with E-state index in [0.29, 0.717) is 25.6 Å². The van der Waals surface area contributed by atoms with E-state index in [0.717, 1.165) is 13.1 Å². The first-order valence-corrected chi connectivity index (χ1v) is 10.1. The molecule has 4 rings (SSSR count). The van der Waals surface area contributed by atoms with Gasteiger partial charge in [-0.05, 0) is 11.6 Å². The Morgan fingerprint density at radius 1 is 0.824 bits per heavy atom. The number of aromatic nitrogens is 4. The molecular weight excluding hydrogens is 469 g/mol. The molecule has 2 fully saturated rings. The summed E-state index contributed by atoms with van der Waals surface area (Å²) >= 11 is 5.33. The van der Waals surface area contributed by atoms with E-state index >= 15 is 0 Å². The van der Waals surface area contributed by atoms with Crippen molar-refractivity contribution in [2.24, 2.45) is 0 Å². The maximum atomic E-state index is 11.1. The molecule has 2 aliphatic rings. The van der Waals surface area contributed by atoms with Gasteiger partial charge in [0.1, 0.15) is 0 Å². The van der Waals surface area contributed by atoms with Gasteiger partial charge >= 0.3 is 14.2 Å². The second-order valence-electron chi connectivity index (χ2n) is 6.65. The summed E-state index contributed by atoms with van der Waals surface area (Å²) in [6.07, 6.45) is 5.17. The van der Waals surface area contributed by atoms with Crippen LogP contribution in [0.1, 0.15) is 7.43 Å². The van der Waals surface area contributed by atoms with Crippen LogP contribution in [0, 0.1) is 0 Å². The largest absolute Gasteiger partial charge is 0.491 e. The van der Waals surface area contributed by atoms with E-state index in [4.69, 9.17) is 31.7 Å². The molecule has 2 aliphatic heterocycles. The van der Waals surface area contributed by atoms with Gasteiger partial charge in [0.15, 0.2) is 0 Å². The lowest BCUT2D eigenvalue weighted by molar-refractivity contribution is -0.121. The van der Waals surface area contributed by atoms with Gasteiger partial charge in [-0.1, -0.05) is 7.43 Å². The van der Waals surface area contributed by atoms with Crippen LogP contribution in [-0.2, 0) is 9.59 Å². The fraction of sp³-hybridized carbons (Fsp3) is 0.412. The van der Waals surface area contributed by atoms with Gasteiger partial charge in [-0.2, -0.15) is 0 Å². The van der Waals surface area contributed by atoms with E-state index in [9.17, 15) is 9.59 Å². The van der Waals surface area contributed by atoms with E-state index in [1.54, 1.807) is 4.90 Å². The fourth-order valence-electron chi connectivity index (χ4n) is 2.45. The highest BCUT2D eigenvalue weighted by Crippen LogP contribution is 2.05. The molecule has 0 bridgehead atoms. The van der Waals surface area contributed by atoms with Gasteiger partial charge in [0, 0.05) is 61.9 Å². The molecule has 0 aromatic carbocycles. The molecule has 14 nitrogen and oxygen atoms in total. The lowest BCUT2D eigenvalue weighted by Gasteiger charge is -2.26. The number of piperazine rings is 2. The topological polar surface area (TPSA) is 206 Å². The van der Waals surface area contributed by atoms with Crippen LogP contribution in [-0.4, -0.2) is 105 Å². The lowest BCUT2D eigenvalue weighted by atomic mass is 9.83. The second-order valence-corrected chi connectivity index (χ2v) is 6.99. The standard InChI is InChI=1S/C8H11BN4O3.C4H4BClN2O2.C4H8N2O.CH4/c14-7-5-13(2-1-10-7)8-11-3-6(4-12-8)9(15)16;6-4-7-1-3(2-8-4)5(9)10;7-4-3-5-1-2-6-4;/h3-4,15-16H,1-2,5H2,(H,10,14);1-2,9-10H;5H,1-3H2,(H,6,7);1H4. The minimum absolute atomic E-state index is 0. The number of amides is 2. The van der Waals surface area contributed by atoms with Crippen LogP contribution in [0.5, 0.6) is 0 Å². The number of hydrogen-bond acceptors (Lipinski definition) is 12. The van der Waals surface area contributed by atoms with Gasteiger partial charge in [0.2, 0.25) is 23.0 Å². The molecule has 0 aliphatic carbocycles. The summed E-state index contributed by atoms with van der Waals surface area (Å²) < 4.78 is 0. The molecule has 0 atom stereocenters. The molecule has 0 unspecified atom stereocenters. The molecule has 2 aromatic rings. The van der Waals surface area contributed by atoms with Gasteiger partial charge in [-0.3, -0.25) is 9.59 Å². The monoisotopic (exact) mass is 496 g/mol. The molecule has 2 aromatic heterocycles. The highest BCUT2D eigenvalue weighted by molar-refractivity contribution is 6.58. The van der Waals surface area contributed by atoms with Gasteiger partial charge in [0.05, 0.1) is 13.1 Å². The van der Waals surface area contributed by atoms with Crippen LogP contribution in [0.15, 0.2) is 24.8 Å². The molecule has 4 heterocycles. The lowest BCUT2D eigenvalue weighted by Crippen LogP contribution is -2.48. The van der Waals surface area contributed by atoms with Crippen molar-refractivity contribution in [1.29, 1.82) is 0 Å². The van der Waals surface area contributed by atoms with Gasteiger partial charge in [0.25, 0.3) is 0 Å². The Balaban J connectivity index is 0.000000275. The maximum Gasteiger partial charge on any atom is 0.491 e. The molecule has 2 amide bonds. The van der Waals surface area contributed by atoms with Crippen molar-refractivity contribution in [2.45, 2.75) is 7.43 Å². The normalized spacial score (nSPS) is 14.7. The van der Waals surface area contributed by atoms with Crippen molar-refractivity contribution < 1.29 is 29.7 Å². The minimum atomic E-state index is -1.57. The van der Waals surface area contributed by atoms with Crippen LogP contribution in [0.3, 0.4) is 0 Å². The summed E-state index contributed by atoms with van der Waals surface area (Å²) in [5, 5.41) is 43.2. The van der Waals surface area contributed by atoms with Crippen LogP contribution >= 0.6 is 11.6 Å². The Kier molecular flexibility index (Phi) is 13.0. The van der Waals surface area contributed by atoms with Crippen molar-refractivity contribution in [3.8, 4) is 0 Å². The molecule has 7 N–H and O–H groups in total. The van der Waals surface area contributed by atoms with Crippen molar-refractivity contribution in [1.82, 2.24) is 35.9 Å². The van der Waals surface area contributed by atoms with E-state index < -0.39 is 14.2 Å². The molecule has 184 valence electrons. The third kappa shape index (κ3) is 10.4. The molecule has 2 saturated heterocycles. The number of rotatable bonds is 3. The molecular formula is C17H27B2ClN8O6. The van der Waals surface area contributed by atoms with Gasteiger partial charge in [-0.25, -0.2) is 19.9 Å². The number of halogens is 1. The summed E-state index contributed by atoms with van der Waals surface area (Å²) in [6, 6.07) is 0. The first-order valence-electron chi connectivity index (χ1n) is 9.77. The zero-order valence-electron chi connectivity index (χ0n) is 17.4. The molecule has 0 radical (unpaired) electrons. The smallest absolute Gasteiger partial charge is 0.423 e. The average Bonchev–Trinajstić information content (AvgIpc) is 2.81. The Morgan fingerprint density at radius 3 is 1.76 bits per heavy atom. The second kappa shape index (κ2) is 15.1.